The highest BCUT2D eigenvalue weighted by molar-refractivity contribution is 6.12. The summed E-state index contributed by atoms with van der Waals surface area (Å²) in [5.74, 6) is -2.02. The fraction of sp³-hybridized carbons (Fsp3) is 0.143. The predicted molar refractivity (Wildman–Crippen MR) is 65.3 cm³/mol. The van der Waals surface area contributed by atoms with Gasteiger partial charge in [0.1, 0.15) is 0 Å². The molecule has 1 aliphatic rings. The summed E-state index contributed by atoms with van der Waals surface area (Å²) in [5.41, 5.74) is 2.22. The molecule has 2 aromatic rings. The molecule has 2 N–H and O–H groups in total. The van der Waals surface area contributed by atoms with Crippen LogP contribution < -0.4 is 0 Å². The molecule has 0 unspecified atom stereocenters. The molecule has 0 atom stereocenters. The average Bonchev–Trinajstić information content (AvgIpc) is 2.29. The van der Waals surface area contributed by atoms with Gasteiger partial charge in [-0.3, -0.25) is 0 Å². The molecule has 0 saturated carbocycles. The summed E-state index contributed by atoms with van der Waals surface area (Å²) in [6, 6.07) is 6.57. The first-order valence-corrected chi connectivity index (χ1v) is 5.63. The zero-order valence-corrected chi connectivity index (χ0v) is 9.43. The predicted octanol–water partition coefficient (Wildman–Crippen LogP) is 2.33. The van der Waals surface area contributed by atoms with Crippen LogP contribution >= 0.6 is 0 Å². The Hall–Kier alpha value is -2.36. The van der Waals surface area contributed by atoms with Crippen LogP contribution in [0.3, 0.4) is 0 Å². The van der Waals surface area contributed by atoms with E-state index in [0.717, 1.165) is 24.0 Å². The van der Waals surface area contributed by atoms with E-state index in [2.05, 4.69) is 0 Å². The Kier molecular flexibility index (Phi) is 2.13. The highest BCUT2D eigenvalue weighted by atomic mass is 16.4. The lowest BCUT2D eigenvalue weighted by Gasteiger charge is -2.23. The van der Waals surface area contributed by atoms with Crippen LogP contribution in [0, 0.1) is 0 Å². The van der Waals surface area contributed by atoms with Gasteiger partial charge in [0.05, 0.1) is 11.1 Å². The van der Waals surface area contributed by atoms with Gasteiger partial charge in [-0.05, 0) is 46.9 Å². The summed E-state index contributed by atoms with van der Waals surface area (Å²) < 4.78 is 0. The van der Waals surface area contributed by atoms with Crippen LogP contribution in [0.15, 0.2) is 24.3 Å². The molecule has 90 valence electrons. The number of hydrogen-bond donors (Lipinski definition) is 2. The largest absolute Gasteiger partial charge is 0.478 e. The van der Waals surface area contributed by atoms with E-state index >= 15 is 0 Å². The van der Waals surface area contributed by atoms with E-state index in [1.54, 1.807) is 12.1 Å². The first kappa shape index (κ1) is 10.8. The fourth-order valence-corrected chi connectivity index (χ4v) is 2.55. The fourth-order valence-electron chi connectivity index (χ4n) is 2.55. The van der Waals surface area contributed by atoms with Crippen LogP contribution in [-0.2, 0) is 12.8 Å². The lowest BCUT2D eigenvalue weighted by atomic mass is 9.81. The van der Waals surface area contributed by atoms with E-state index in [9.17, 15) is 14.7 Å². The zero-order chi connectivity index (χ0) is 12.9. The van der Waals surface area contributed by atoms with E-state index in [1.165, 1.54) is 6.07 Å². The van der Waals surface area contributed by atoms with Crippen molar-refractivity contribution in [3.63, 3.8) is 0 Å². The number of carbonyl (C=O) groups is 2. The van der Waals surface area contributed by atoms with Crippen LogP contribution in [-0.4, -0.2) is 22.2 Å². The van der Waals surface area contributed by atoms with E-state index in [1.807, 2.05) is 6.07 Å². The summed E-state index contributed by atoms with van der Waals surface area (Å²) in [6.45, 7) is 0. The van der Waals surface area contributed by atoms with Crippen LogP contribution in [0.2, 0.25) is 0 Å². The molecule has 0 radical (unpaired) electrons. The van der Waals surface area contributed by atoms with Crippen molar-refractivity contribution in [3.05, 3.63) is 46.5 Å². The molecule has 0 bridgehead atoms. The van der Waals surface area contributed by atoms with Gasteiger partial charge in [0, 0.05) is 0 Å². The van der Waals surface area contributed by atoms with E-state index in [4.69, 9.17) is 5.11 Å². The lowest BCUT2D eigenvalue weighted by Crippen LogP contribution is -2.16. The molecular weight excluding hydrogens is 232 g/mol. The molecule has 1 aliphatic carbocycles. The minimum absolute atomic E-state index is 0.157. The van der Waals surface area contributed by atoms with Gasteiger partial charge in [-0.25, -0.2) is 9.59 Å². The second kappa shape index (κ2) is 3.57. The topological polar surface area (TPSA) is 74.6 Å². The van der Waals surface area contributed by atoms with Crippen molar-refractivity contribution in [3.8, 4) is 0 Å². The summed E-state index contributed by atoms with van der Waals surface area (Å²) in [6.07, 6.45) is 1.57. The maximum Gasteiger partial charge on any atom is 0.336 e. The molecule has 3 rings (SSSR count). The van der Waals surface area contributed by atoms with Gasteiger partial charge in [-0.1, -0.05) is 12.1 Å². The third kappa shape index (κ3) is 1.32. The van der Waals surface area contributed by atoms with Crippen LogP contribution in [0.25, 0.3) is 10.8 Å². The SMILES string of the molecule is O=C(O)c1cccc2c(C(=O)O)c3c(cc12)CC3. The maximum atomic E-state index is 11.4. The van der Waals surface area contributed by atoms with Gasteiger partial charge in [0.2, 0.25) is 0 Å². The number of benzene rings is 2. The van der Waals surface area contributed by atoms with Crippen molar-refractivity contribution in [1.82, 2.24) is 0 Å². The lowest BCUT2D eigenvalue weighted by molar-refractivity contribution is 0.0685. The molecule has 0 aromatic heterocycles. The number of fused-ring (bicyclic) bond motifs is 2. The van der Waals surface area contributed by atoms with Gasteiger partial charge in [0.25, 0.3) is 0 Å². The highest BCUT2D eigenvalue weighted by Crippen LogP contribution is 2.34. The maximum absolute atomic E-state index is 11.4. The number of aromatic carboxylic acids is 2. The van der Waals surface area contributed by atoms with E-state index in [-0.39, 0.29) is 11.1 Å². The smallest absolute Gasteiger partial charge is 0.336 e. The Bertz CT molecular complexity index is 700. The van der Waals surface area contributed by atoms with E-state index < -0.39 is 11.9 Å². The van der Waals surface area contributed by atoms with Crippen molar-refractivity contribution in [2.45, 2.75) is 12.8 Å². The standard InChI is InChI=1S/C14H10O4/c15-13(16)10-3-1-2-9-11(10)6-7-4-5-8(7)12(9)14(17)18/h1-3,6H,4-5H2,(H,15,16)(H,17,18). The molecule has 4 nitrogen and oxygen atoms in total. The first-order chi connectivity index (χ1) is 8.59. The molecule has 0 fully saturated rings. The van der Waals surface area contributed by atoms with Crippen molar-refractivity contribution in [2.24, 2.45) is 0 Å². The first-order valence-electron chi connectivity index (χ1n) is 5.63. The molecule has 0 heterocycles. The molecule has 0 amide bonds. The second-order valence-electron chi connectivity index (χ2n) is 4.40. The van der Waals surface area contributed by atoms with Gasteiger partial charge < -0.3 is 10.2 Å². The van der Waals surface area contributed by atoms with Gasteiger partial charge in [0.15, 0.2) is 0 Å². The van der Waals surface area contributed by atoms with Crippen LogP contribution in [0.1, 0.15) is 31.8 Å². The number of aryl methyl sites for hydroxylation is 1. The molecule has 18 heavy (non-hydrogen) atoms. The summed E-state index contributed by atoms with van der Waals surface area (Å²) in [4.78, 5) is 22.5. The molecule has 0 spiro atoms. The van der Waals surface area contributed by atoms with Crippen LogP contribution in [0.4, 0.5) is 0 Å². The highest BCUT2D eigenvalue weighted by Gasteiger charge is 2.25. The number of carboxylic acids is 2. The minimum atomic E-state index is -1.03. The Morgan fingerprint density at radius 3 is 2.33 bits per heavy atom. The second-order valence-corrected chi connectivity index (χ2v) is 4.40. The summed E-state index contributed by atoms with van der Waals surface area (Å²) in [7, 11) is 0. The molecule has 2 aromatic carbocycles. The van der Waals surface area contributed by atoms with Crippen molar-refractivity contribution >= 4 is 22.7 Å². The summed E-state index contributed by atoms with van der Waals surface area (Å²) in [5, 5.41) is 19.5. The van der Waals surface area contributed by atoms with E-state index in [0.29, 0.717) is 10.8 Å². The van der Waals surface area contributed by atoms with Crippen molar-refractivity contribution < 1.29 is 19.8 Å². The van der Waals surface area contributed by atoms with Gasteiger partial charge in [-0.15, -0.1) is 0 Å². The molecule has 4 heteroatoms. The average molecular weight is 242 g/mol. The monoisotopic (exact) mass is 242 g/mol. The molecule has 0 aliphatic heterocycles. The number of rotatable bonds is 2. The molecule has 0 saturated heterocycles. The summed E-state index contributed by atoms with van der Waals surface area (Å²) >= 11 is 0. The number of hydrogen-bond acceptors (Lipinski definition) is 2. The van der Waals surface area contributed by atoms with Gasteiger partial charge >= 0.3 is 11.9 Å². The number of carboxylic acid groups (broad SMARTS) is 2. The Labute approximate surface area is 102 Å². The van der Waals surface area contributed by atoms with Crippen molar-refractivity contribution in [2.75, 3.05) is 0 Å². The third-order valence-electron chi connectivity index (χ3n) is 3.47. The van der Waals surface area contributed by atoms with Crippen LogP contribution in [0.5, 0.6) is 0 Å². The Morgan fingerprint density at radius 1 is 1.00 bits per heavy atom. The zero-order valence-electron chi connectivity index (χ0n) is 9.43. The van der Waals surface area contributed by atoms with Crippen molar-refractivity contribution in [1.29, 1.82) is 0 Å². The Morgan fingerprint density at radius 2 is 1.78 bits per heavy atom. The quantitative estimate of drug-likeness (QED) is 0.847. The Balaban J connectivity index is 2.47. The minimum Gasteiger partial charge on any atom is -0.478 e. The third-order valence-corrected chi connectivity index (χ3v) is 3.47. The normalized spacial score (nSPS) is 12.9. The molecular formula is C14H10O4. The van der Waals surface area contributed by atoms with Gasteiger partial charge in [-0.2, -0.15) is 0 Å².